The molecule has 0 amide bonds. The number of halogens is 5. The van der Waals surface area contributed by atoms with E-state index in [-0.39, 0.29) is 11.8 Å². The molecular formula is C16H16ClF4N4+. The zero-order valence-electron chi connectivity index (χ0n) is 13.2. The first-order chi connectivity index (χ1) is 11.8. The highest BCUT2D eigenvalue weighted by molar-refractivity contribution is 6.31. The number of hydrogen-bond acceptors (Lipinski definition) is 3. The number of alkyl halides is 3. The van der Waals surface area contributed by atoms with Gasteiger partial charge in [0.2, 0.25) is 5.95 Å². The average molecular weight is 376 g/mol. The van der Waals surface area contributed by atoms with E-state index in [1.54, 1.807) is 17.0 Å². The Morgan fingerprint density at radius 1 is 1.16 bits per heavy atom. The molecule has 1 aliphatic rings. The number of aromatic nitrogens is 2. The van der Waals surface area contributed by atoms with Gasteiger partial charge in [-0.2, -0.15) is 13.2 Å². The van der Waals surface area contributed by atoms with Crippen molar-refractivity contribution in [3.8, 4) is 0 Å². The SMILES string of the molecule is Fc1cccc(Cl)c1C[NH+]1CCN(c2nccc(C(F)(F)F)n2)CC1. The number of nitrogens with one attached hydrogen (secondary N) is 1. The highest BCUT2D eigenvalue weighted by atomic mass is 35.5. The molecule has 1 aromatic heterocycles. The fraction of sp³-hybridized carbons (Fsp3) is 0.375. The number of quaternary nitrogens is 1. The predicted molar refractivity (Wildman–Crippen MR) is 85.1 cm³/mol. The molecule has 2 aromatic rings. The van der Waals surface area contributed by atoms with Gasteiger partial charge >= 0.3 is 6.18 Å². The minimum Gasteiger partial charge on any atom is -0.330 e. The van der Waals surface area contributed by atoms with Crippen molar-refractivity contribution in [3.63, 3.8) is 0 Å². The molecule has 0 unspecified atom stereocenters. The molecule has 0 atom stereocenters. The summed E-state index contributed by atoms with van der Waals surface area (Å²) in [6.45, 7) is 2.67. The fourth-order valence-corrected chi connectivity index (χ4v) is 3.04. The van der Waals surface area contributed by atoms with Crippen LogP contribution in [-0.4, -0.2) is 36.1 Å². The Hall–Kier alpha value is -1.93. The van der Waals surface area contributed by atoms with Gasteiger partial charge in [-0.15, -0.1) is 0 Å². The van der Waals surface area contributed by atoms with E-state index >= 15 is 0 Å². The summed E-state index contributed by atoms with van der Waals surface area (Å²) in [6, 6.07) is 5.42. The molecule has 1 saturated heterocycles. The third kappa shape index (κ3) is 4.19. The minimum atomic E-state index is -4.49. The third-order valence-corrected chi connectivity index (χ3v) is 4.53. The number of hydrogen-bond donors (Lipinski definition) is 1. The molecule has 0 aliphatic carbocycles. The van der Waals surface area contributed by atoms with E-state index < -0.39 is 11.9 Å². The number of nitrogens with zero attached hydrogens (tertiary/aromatic N) is 3. The zero-order chi connectivity index (χ0) is 18.0. The topological polar surface area (TPSA) is 33.5 Å². The molecule has 134 valence electrons. The Labute approximate surface area is 147 Å². The van der Waals surface area contributed by atoms with Gasteiger partial charge in [0.15, 0.2) is 0 Å². The Balaban J connectivity index is 1.64. The molecule has 3 rings (SSSR count). The number of rotatable bonds is 3. The molecule has 9 heteroatoms. The van der Waals surface area contributed by atoms with Crippen molar-refractivity contribution < 1.29 is 22.5 Å². The van der Waals surface area contributed by atoms with Gasteiger partial charge in [0.25, 0.3) is 0 Å². The van der Waals surface area contributed by atoms with Crippen molar-refractivity contribution >= 4 is 17.5 Å². The quantitative estimate of drug-likeness (QED) is 0.835. The van der Waals surface area contributed by atoms with Crippen LogP contribution < -0.4 is 9.80 Å². The van der Waals surface area contributed by atoms with E-state index in [1.165, 1.54) is 6.07 Å². The van der Waals surface area contributed by atoms with E-state index in [4.69, 9.17) is 11.6 Å². The lowest BCUT2D eigenvalue weighted by Gasteiger charge is -2.32. The first kappa shape index (κ1) is 17.9. The van der Waals surface area contributed by atoms with Crippen LogP contribution >= 0.6 is 11.6 Å². The predicted octanol–water partition coefficient (Wildman–Crippen LogP) is 2.19. The lowest BCUT2D eigenvalue weighted by Crippen LogP contribution is -3.13. The summed E-state index contributed by atoms with van der Waals surface area (Å²) in [5.74, 6) is -0.276. The van der Waals surface area contributed by atoms with E-state index in [0.717, 1.165) is 17.2 Å². The summed E-state index contributed by atoms with van der Waals surface area (Å²) >= 11 is 6.04. The van der Waals surface area contributed by atoms with E-state index in [1.807, 2.05) is 0 Å². The average Bonchev–Trinajstić information content (AvgIpc) is 2.58. The fourth-order valence-electron chi connectivity index (χ4n) is 2.81. The van der Waals surface area contributed by atoms with Crippen molar-refractivity contribution in [3.05, 3.63) is 52.6 Å². The second kappa shape index (κ2) is 7.13. The summed E-state index contributed by atoms with van der Waals surface area (Å²) in [4.78, 5) is 10.4. The van der Waals surface area contributed by atoms with Gasteiger partial charge in [-0.25, -0.2) is 14.4 Å². The molecule has 0 bridgehead atoms. The first-order valence-corrected chi connectivity index (χ1v) is 8.14. The van der Waals surface area contributed by atoms with Crippen LogP contribution in [0.15, 0.2) is 30.5 Å². The molecule has 25 heavy (non-hydrogen) atoms. The van der Waals surface area contributed by atoms with Crippen LogP contribution in [0.2, 0.25) is 5.02 Å². The minimum absolute atomic E-state index is 0.0674. The van der Waals surface area contributed by atoms with E-state index in [0.29, 0.717) is 43.3 Å². The van der Waals surface area contributed by atoms with Crippen LogP contribution in [0.4, 0.5) is 23.5 Å². The number of benzene rings is 1. The lowest BCUT2D eigenvalue weighted by molar-refractivity contribution is -0.914. The largest absolute Gasteiger partial charge is 0.433 e. The van der Waals surface area contributed by atoms with Gasteiger partial charge in [-0.1, -0.05) is 17.7 Å². The Morgan fingerprint density at radius 2 is 1.88 bits per heavy atom. The molecule has 1 fully saturated rings. The summed E-state index contributed by atoms with van der Waals surface area (Å²) in [5, 5.41) is 0.385. The van der Waals surface area contributed by atoms with Gasteiger partial charge < -0.3 is 9.80 Å². The van der Waals surface area contributed by atoms with Crippen molar-refractivity contribution in [2.24, 2.45) is 0 Å². The highest BCUT2D eigenvalue weighted by Gasteiger charge is 2.33. The standard InChI is InChI=1S/C16H15ClF4N4/c17-12-2-1-3-13(18)11(12)10-24-6-8-25(9-7-24)15-22-5-4-14(23-15)16(19,20)21/h1-5H,6-10H2/p+1. The lowest BCUT2D eigenvalue weighted by atomic mass is 10.2. The first-order valence-electron chi connectivity index (χ1n) is 7.76. The van der Waals surface area contributed by atoms with Crippen molar-refractivity contribution in [2.45, 2.75) is 12.7 Å². The summed E-state index contributed by atoms with van der Waals surface area (Å²) in [7, 11) is 0. The molecule has 1 N–H and O–H groups in total. The maximum atomic E-state index is 13.9. The van der Waals surface area contributed by atoms with Crippen molar-refractivity contribution in [2.75, 3.05) is 31.1 Å². The smallest absolute Gasteiger partial charge is 0.330 e. The normalized spacial score (nSPS) is 16.3. The molecule has 1 aromatic carbocycles. The van der Waals surface area contributed by atoms with Crippen molar-refractivity contribution in [1.29, 1.82) is 0 Å². The van der Waals surface area contributed by atoms with Gasteiger partial charge in [-0.3, -0.25) is 0 Å². The van der Waals surface area contributed by atoms with E-state index in [2.05, 4.69) is 9.97 Å². The summed E-state index contributed by atoms with van der Waals surface area (Å²) in [5.41, 5.74) is -0.492. The number of anilines is 1. The molecule has 2 heterocycles. The third-order valence-electron chi connectivity index (χ3n) is 4.18. The second-order valence-corrected chi connectivity index (χ2v) is 6.26. The van der Waals surface area contributed by atoms with Gasteiger partial charge in [-0.05, 0) is 18.2 Å². The Morgan fingerprint density at radius 3 is 2.52 bits per heavy atom. The molecule has 0 spiro atoms. The Bertz CT molecular complexity index is 725. The zero-order valence-corrected chi connectivity index (χ0v) is 13.9. The van der Waals surface area contributed by atoms with E-state index in [9.17, 15) is 17.6 Å². The molecule has 0 radical (unpaired) electrons. The summed E-state index contributed by atoms with van der Waals surface area (Å²) in [6.07, 6.45) is -3.38. The van der Waals surface area contributed by atoms with Gasteiger partial charge in [0.05, 0.1) is 36.8 Å². The van der Waals surface area contributed by atoms with Crippen LogP contribution in [0.3, 0.4) is 0 Å². The molecule has 1 aliphatic heterocycles. The van der Waals surface area contributed by atoms with Crippen LogP contribution in [-0.2, 0) is 12.7 Å². The maximum absolute atomic E-state index is 13.9. The molecular weight excluding hydrogens is 360 g/mol. The summed E-state index contributed by atoms with van der Waals surface area (Å²) < 4.78 is 52.1. The van der Waals surface area contributed by atoms with Crippen LogP contribution in [0.5, 0.6) is 0 Å². The van der Waals surface area contributed by atoms with Gasteiger partial charge in [0.1, 0.15) is 18.1 Å². The second-order valence-electron chi connectivity index (χ2n) is 5.85. The molecule has 4 nitrogen and oxygen atoms in total. The number of piperazine rings is 1. The molecule has 0 saturated carbocycles. The Kier molecular flexibility index (Phi) is 5.10. The van der Waals surface area contributed by atoms with Crippen LogP contribution in [0, 0.1) is 5.82 Å². The van der Waals surface area contributed by atoms with Gasteiger partial charge in [0, 0.05) is 6.20 Å². The van der Waals surface area contributed by atoms with Crippen LogP contribution in [0.1, 0.15) is 11.3 Å². The monoisotopic (exact) mass is 375 g/mol. The highest BCUT2D eigenvalue weighted by Crippen LogP contribution is 2.28. The van der Waals surface area contributed by atoms with Crippen molar-refractivity contribution in [1.82, 2.24) is 9.97 Å². The van der Waals surface area contributed by atoms with Crippen LogP contribution in [0.25, 0.3) is 0 Å². The maximum Gasteiger partial charge on any atom is 0.433 e.